The first-order valence-electron chi connectivity index (χ1n) is 5.88. The fraction of sp³-hybridized carbons (Fsp3) is 0.538. The average Bonchev–Trinajstić information content (AvgIpc) is 2.58. The van der Waals surface area contributed by atoms with Crippen LogP contribution in [0.4, 0.5) is 5.69 Å². The molecular formula is C13H19ClN2. The van der Waals surface area contributed by atoms with Crippen LogP contribution in [0.15, 0.2) is 18.2 Å². The molecule has 0 radical (unpaired) electrons. The number of anilines is 1. The Bertz CT molecular complexity index is 365. The standard InChI is InChI=1S/C13H19ClN2/c1-15-8-4-5-10-9-16(2)12-7-3-6-11(14)13(10)12/h3,6-7,10,15H,4-5,8-9H2,1-2H3. The predicted molar refractivity (Wildman–Crippen MR) is 70.6 cm³/mol. The Morgan fingerprint density at radius 1 is 1.50 bits per heavy atom. The maximum absolute atomic E-state index is 6.30. The maximum Gasteiger partial charge on any atom is 0.0462 e. The molecule has 1 aliphatic heterocycles. The van der Waals surface area contributed by atoms with E-state index in [2.05, 4.69) is 23.3 Å². The van der Waals surface area contributed by atoms with Gasteiger partial charge in [0.15, 0.2) is 0 Å². The van der Waals surface area contributed by atoms with Gasteiger partial charge in [0.1, 0.15) is 0 Å². The molecule has 1 heterocycles. The number of nitrogens with one attached hydrogen (secondary N) is 1. The summed E-state index contributed by atoms with van der Waals surface area (Å²) in [6, 6.07) is 6.21. The van der Waals surface area contributed by atoms with Crippen molar-refractivity contribution < 1.29 is 0 Å². The van der Waals surface area contributed by atoms with E-state index in [0.717, 1.165) is 18.1 Å². The molecule has 0 saturated heterocycles. The summed E-state index contributed by atoms with van der Waals surface area (Å²) in [5.41, 5.74) is 2.66. The van der Waals surface area contributed by atoms with Gasteiger partial charge in [-0.3, -0.25) is 0 Å². The van der Waals surface area contributed by atoms with Crippen molar-refractivity contribution >= 4 is 17.3 Å². The molecule has 1 aliphatic rings. The topological polar surface area (TPSA) is 15.3 Å². The van der Waals surface area contributed by atoms with Crippen LogP contribution in [0.25, 0.3) is 0 Å². The zero-order valence-corrected chi connectivity index (χ0v) is 10.7. The molecule has 1 N–H and O–H groups in total. The molecule has 0 amide bonds. The van der Waals surface area contributed by atoms with E-state index < -0.39 is 0 Å². The Morgan fingerprint density at radius 2 is 2.31 bits per heavy atom. The van der Waals surface area contributed by atoms with Crippen molar-refractivity contribution in [2.24, 2.45) is 0 Å². The molecule has 16 heavy (non-hydrogen) atoms. The van der Waals surface area contributed by atoms with Crippen LogP contribution < -0.4 is 10.2 Å². The molecule has 1 atom stereocenters. The number of rotatable bonds is 4. The molecular weight excluding hydrogens is 220 g/mol. The zero-order chi connectivity index (χ0) is 11.5. The minimum absolute atomic E-state index is 0.599. The van der Waals surface area contributed by atoms with Crippen molar-refractivity contribution in [1.29, 1.82) is 0 Å². The molecule has 3 heteroatoms. The van der Waals surface area contributed by atoms with E-state index in [-0.39, 0.29) is 0 Å². The van der Waals surface area contributed by atoms with E-state index >= 15 is 0 Å². The minimum Gasteiger partial charge on any atom is -0.374 e. The van der Waals surface area contributed by atoms with Gasteiger partial charge in [-0.05, 0) is 44.1 Å². The largest absolute Gasteiger partial charge is 0.374 e. The molecule has 1 aromatic carbocycles. The lowest BCUT2D eigenvalue weighted by Crippen LogP contribution is -2.16. The maximum atomic E-state index is 6.30. The normalized spacial score (nSPS) is 18.9. The molecule has 1 unspecified atom stereocenters. The molecule has 0 aliphatic carbocycles. The lowest BCUT2D eigenvalue weighted by molar-refractivity contribution is 0.594. The molecule has 0 bridgehead atoms. The van der Waals surface area contributed by atoms with E-state index in [0.29, 0.717) is 5.92 Å². The van der Waals surface area contributed by atoms with Crippen LogP contribution in [0, 0.1) is 0 Å². The van der Waals surface area contributed by atoms with Gasteiger partial charge in [0.25, 0.3) is 0 Å². The second-order valence-electron chi connectivity index (χ2n) is 4.50. The fourth-order valence-corrected chi connectivity index (χ4v) is 2.87. The first-order valence-corrected chi connectivity index (χ1v) is 6.26. The molecule has 0 saturated carbocycles. The van der Waals surface area contributed by atoms with Gasteiger partial charge in [0, 0.05) is 30.2 Å². The number of nitrogens with zero attached hydrogens (tertiary/aromatic N) is 1. The number of likely N-dealkylation sites (N-methyl/N-ethyl adjacent to an activating group) is 1. The Kier molecular flexibility index (Phi) is 3.72. The molecule has 1 aromatic rings. The summed E-state index contributed by atoms with van der Waals surface area (Å²) < 4.78 is 0. The van der Waals surface area contributed by atoms with Gasteiger partial charge < -0.3 is 10.2 Å². The van der Waals surface area contributed by atoms with Crippen LogP contribution in [0.2, 0.25) is 5.02 Å². The van der Waals surface area contributed by atoms with Gasteiger partial charge >= 0.3 is 0 Å². The quantitative estimate of drug-likeness (QED) is 0.812. The first kappa shape index (κ1) is 11.7. The van der Waals surface area contributed by atoms with E-state index in [1.54, 1.807) is 0 Å². The number of hydrogen-bond acceptors (Lipinski definition) is 2. The average molecular weight is 239 g/mol. The van der Waals surface area contributed by atoms with Crippen LogP contribution in [0.1, 0.15) is 24.3 Å². The van der Waals surface area contributed by atoms with Crippen molar-refractivity contribution in [2.45, 2.75) is 18.8 Å². The van der Waals surface area contributed by atoms with Crippen LogP contribution in [-0.4, -0.2) is 27.2 Å². The fourth-order valence-electron chi connectivity index (χ4n) is 2.54. The van der Waals surface area contributed by atoms with Crippen LogP contribution in [-0.2, 0) is 0 Å². The van der Waals surface area contributed by atoms with Crippen LogP contribution in [0.5, 0.6) is 0 Å². The number of halogens is 1. The van der Waals surface area contributed by atoms with Gasteiger partial charge in [-0.15, -0.1) is 0 Å². The summed E-state index contributed by atoms with van der Waals surface area (Å²) in [6.07, 6.45) is 2.42. The summed E-state index contributed by atoms with van der Waals surface area (Å²) in [7, 11) is 4.15. The Labute approximate surface area is 103 Å². The van der Waals surface area contributed by atoms with Crippen molar-refractivity contribution in [1.82, 2.24) is 5.32 Å². The molecule has 2 nitrogen and oxygen atoms in total. The van der Waals surface area contributed by atoms with E-state index in [4.69, 9.17) is 11.6 Å². The molecule has 88 valence electrons. The highest BCUT2D eigenvalue weighted by molar-refractivity contribution is 6.32. The SMILES string of the molecule is CNCCCC1CN(C)c2cccc(Cl)c21. The third-order valence-corrected chi connectivity index (χ3v) is 3.65. The highest BCUT2D eigenvalue weighted by Crippen LogP contribution is 2.41. The van der Waals surface area contributed by atoms with Crippen molar-refractivity contribution in [3.8, 4) is 0 Å². The Hall–Kier alpha value is -0.730. The summed E-state index contributed by atoms with van der Waals surface area (Å²) in [5.74, 6) is 0.599. The van der Waals surface area contributed by atoms with Gasteiger partial charge in [-0.25, -0.2) is 0 Å². The zero-order valence-electron chi connectivity index (χ0n) is 9.96. The number of hydrogen-bond donors (Lipinski definition) is 1. The lowest BCUT2D eigenvalue weighted by atomic mass is 9.96. The minimum atomic E-state index is 0.599. The van der Waals surface area contributed by atoms with Gasteiger partial charge in [0.05, 0.1) is 0 Å². The molecule has 2 rings (SSSR count). The second-order valence-corrected chi connectivity index (χ2v) is 4.90. The third kappa shape index (κ3) is 2.18. The summed E-state index contributed by atoms with van der Waals surface area (Å²) in [4.78, 5) is 2.31. The summed E-state index contributed by atoms with van der Waals surface area (Å²) in [5, 5.41) is 4.12. The second kappa shape index (κ2) is 5.07. The van der Waals surface area contributed by atoms with E-state index in [1.165, 1.54) is 24.1 Å². The first-order chi connectivity index (χ1) is 7.74. The Morgan fingerprint density at radius 3 is 3.06 bits per heavy atom. The van der Waals surface area contributed by atoms with Crippen molar-refractivity contribution in [3.63, 3.8) is 0 Å². The van der Waals surface area contributed by atoms with E-state index in [9.17, 15) is 0 Å². The van der Waals surface area contributed by atoms with Gasteiger partial charge in [-0.1, -0.05) is 17.7 Å². The number of benzene rings is 1. The van der Waals surface area contributed by atoms with Crippen molar-refractivity contribution in [3.05, 3.63) is 28.8 Å². The van der Waals surface area contributed by atoms with Gasteiger partial charge in [-0.2, -0.15) is 0 Å². The van der Waals surface area contributed by atoms with Crippen LogP contribution >= 0.6 is 11.6 Å². The summed E-state index contributed by atoms with van der Waals surface area (Å²) in [6.45, 7) is 2.18. The highest BCUT2D eigenvalue weighted by Gasteiger charge is 2.27. The molecule has 0 aromatic heterocycles. The van der Waals surface area contributed by atoms with Gasteiger partial charge in [0.2, 0.25) is 0 Å². The van der Waals surface area contributed by atoms with Crippen molar-refractivity contribution in [2.75, 3.05) is 32.1 Å². The third-order valence-electron chi connectivity index (χ3n) is 3.32. The lowest BCUT2D eigenvalue weighted by Gasteiger charge is -2.12. The van der Waals surface area contributed by atoms with E-state index in [1.807, 2.05) is 19.2 Å². The highest BCUT2D eigenvalue weighted by atomic mass is 35.5. The van der Waals surface area contributed by atoms with Crippen LogP contribution in [0.3, 0.4) is 0 Å². The summed E-state index contributed by atoms with van der Waals surface area (Å²) >= 11 is 6.30. The Balaban J connectivity index is 2.15. The smallest absolute Gasteiger partial charge is 0.0462 e. The molecule has 0 fully saturated rings. The predicted octanol–water partition coefficient (Wildman–Crippen LogP) is 2.87. The number of fused-ring (bicyclic) bond motifs is 1. The molecule has 0 spiro atoms. The monoisotopic (exact) mass is 238 g/mol.